The molecule has 1 aromatic rings. The van der Waals surface area contributed by atoms with Crippen LogP contribution in [-0.2, 0) is 16.6 Å². The molecule has 0 atom stereocenters. The number of carbonyl (C=O) groups is 1. The minimum atomic E-state index is -0.645. The first-order valence-electron chi connectivity index (χ1n) is 6.93. The van der Waals surface area contributed by atoms with E-state index in [2.05, 4.69) is 26.0 Å². The van der Waals surface area contributed by atoms with Crippen LogP contribution in [0, 0.1) is 6.92 Å². The fraction of sp³-hybridized carbons (Fsp3) is 0.562. The summed E-state index contributed by atoms with van der Waals surface area (Å²) in [5, 5.41) is 9.68. The van der Waals surface area contributed by atoms with Gasteiger partial charge in [0.05, 0.1) is 5.41 Å². The molecule has 1 N–H and O–H groups in total. The fourth-order valence-corrected chi connectivity index (χ4v) is 3.13. The van der Waals surface area contributed by atoms with E-state index in [9.17, 15) is 9.90 Å². The van der Waals surface area contributed by atoms with Gasteiger partial charge in [0.15, 0.2) is 0 Å². The molecular formula is C16H22O2. The number of carboxylic acids is 1. The zero-order valence-corrected chi connectivity index (χ0v) is 11.3. The summed E-state index contributed by atoms with van der Waals surface area (Å²) in [6.07, 6.45) is 5.77. The molecule has 0 aliphatic heterocycles. The summed E-state index contributed by atoms with van der Waals surface area (Å²) >= 11 is 0. The molecule has 1 fully saturated rings. The van der Waals surface area contributed by atoms with Crippen LogP contribution in [0.1, 0.15) is 55.7 Å². The molecular weight excluding hydrogens is 224 g/mol. The van der Waals surface area contributed by atoms with Gasteiger partial charge < -0.3 is 5.11 Å². The van der Waals surface area contributed by atoms with Gasteiger partial charge >= 0.3 is 5.97 Å². The molecule has 0 spiro atoms. The van der Waals surface area contributed by atoms with Crippen LogP contribution in [0.15, 0.2) is 18.2 Å². The van der Waals surface area contributed by atoms with Gasteiger partial charge in [0.25, 0.3) is 0 Å². The van der Waals surface area contributed by atoms with Crippen LogP contribution < -0.4 is 0 Å². The van der Waals surface area contributed by atoms with Crippen LogP contribution in [-0.4, -0.2) is 11.1 Å². The lowest BCUT2D eigenvalue weighted by molar-refractivity contribution is -0.145. The van der Waals surface area contributed by atoms with Gasteiger partial charge in [-0.1, -0.05) is 44.4 Å². The van der Waals surface area contributed by atoms with Gasteiger partial charge in [-0.25, -0.2) is 0 Å². The average molecular weight is 246 g/mol. The lowest BCUT2D eigenvalue weighted by Gasteiger charge is -2.34. The van der Waals surface area contributed by atoms with Crippen LogP contribution in [0.2, 0.25) is 0 Å². The van der Waals surface area contributed by atoms with Gasteiger partial charge in [-0.05, 0) is 42.9 Å². The summed E-state index contributed by atoms with van der Waals surface area (Å²) in [6, 6.07) is 6.22. The normalized spacial score (nSPS) is 18.6. The van der Waals surface area contributed by atoms with E-state index in [0.717, 1.165) is 37.7 Å². The summed E-state index contributed by atoms with van der Waals surface area (Å²) < 4.78 is 0. The molecule has 2 nitrogen and oxygen atoms in total. The van der Waals surface area contributed by atoms with E-state index >= 15 is 0 Å². The Morgan fingerprint density at radius 3 is 2.50 bits per heavy atom. The number of hydrogen-bond acceptors (Lipinski definition) is 1. The largest absolute Gasteiger partial charge is 0.481 e. The molecule has 2 heteroatoms. The third-order valence-corrected chi connectivity index (χ3v) is 4.40. The van der Waals surface area contributed by atoms with E-state index in [1.54, 1.807) is 0 Å². The van der Waals surface area contributed by atoms with Crippen molar-refractivity contribution in [3.63, 3.8) is 0 Å². The van der Waals surface area contributed by atoms with Gasteiger partial charge in [-0.2, -0.15) is 0 Å². The highest BCUT2D eigenvalue weighted by atomic mass is 16.4. The van der Waals surface area contributed by atoms with Crippen molar-refractivity contribution in [3.8, 4) is 0 Å². The fourth-order valence-electron chi connectivity index (χ4n) is 3.13. The lowest BCUT2D eigenvalue weighted by Crippen LogP contribution is -2.37. The van der Waals surface area contributed by atoms with E-state index in [4.69, 9.17) is 0 Å². The van der Waals surface area contributed by atoms with Crippen molar-refractivity contribution in [1.29, 1.82) is 0 Å². The van der Waals surface area contributed by atoms with E-state index in [1.165, 1.54) is 17.5 Å². The zero-order valence-electron chi connectivity index (χ0n) is 11.3. The highest BCUT2D eigenvalue weighted by Crippen LogP contribution is 2.40. The smallest absolute Gasteiger partial charge is 0.314 e. The van der Waals surface area contributed by atoms with Crippen molar-refractivity contribution in [3.05, 3.63) is 34.9 Å². The summed E-state index contributed by atoms with van der Waals surface area (Å²) in [5.74, 6) is -0.645. The van der Waals surface area contributed by atoms with Gasteiger partial charge in [0, 0.05) is 0 Å². The molecule has 0 radical (unpaired) electrons. The van der Waals surface area contributed by atoms with Gasteiger partial charge in [0.1, 0.15) is 0 Å². The van der Waals surface area contributed by atoms with E-state index < -0.39 is 11.4 Å². The Bertz CT molecular complexity index is 442. The zero-order chi connectivity index (χ0) is 13.2. The van der Waals surface area contributed by atoms with E-state index in [-0.39, 0.29) is 0 Å². The van der Waals surface area contributed by atoms with Gasteiger partial charge in [-0.3, -0.25) is 4.79 Å². The number of benzene rings is 1. The first-order chi connectivity index (χ1) is 8.60. The molecule has 0 bridgehead atoms. The quantitative estimate of drug-likeness (QED) is 0.879. The Morgan fingerprint density at radius 1 is 1.28 bits per heavy atom. The number of carboxylic acid groups (broad SMARTS) is 1. The van der Waals surface area contributed by atoms with E-state index in [1.807, 2.05) is 6.07 Å². The summed E-state index contributed by atoms with van der Waals surface area (Å²) in [5.41, 5.74) is 2.92. The minimum Gasteiger partial charge on any atom is -0.481 e. The maximum absolute atomic E-state index is 11.8. The van der Waals surface area contributed by atoms with Crippen molar-refractivity contribution in [2.75, 3.05) is 0 Å². The molecule has 0 unspecified atom stereocenters. The Kier molecular flexibility index (Phi) is 3.74. The van der Waals surface area contributed by atoms with Crippen LogP contribution >= 0.6 is 0 Å². The molecule has 2 rings (SSSR count). The Labute approximate surface area is 109 Å². The van der Waals surface area contributed by atoms with Crippen molar-refractivity contribution < 1.29 is 9.90 Å². The topological polar surface area (TPSA) is 37.3 Å². The third kappa shape index (κ3) is 2.16. The van der Waals surface area contributed by atoms with Crippen LogP contribution in [0.5, 0.6) is 0 Å². The Hall–Kier alpha value is -1.31. The molecule has 98 valence electrons. The first kappa shape index (κ1) is 13.1. The number of aryl methyl sites for hydroxylation is 2. The summed E-state index contributed by atoms with van der Waals surface area (Å²) in [6.45, 7) is 4.22. The highest BCUT2D eigenvalue weighted by Gasteiger charge is 2.41. The van der Waals surface area contributed by atoms with Gasteiger partial charge in [-0.15, -0.1) is 0 Å². The summed E-state index contributed by atoms with van der Waals surface area (Å²) in [7, 11) is 0. The molecule has 1 aliphatic rings. The van der Waals surface area contributed by atoms with Crippen LogP contribution in [0.4, 0.5) is 0 Å². The molecule has 1 saturated carbocycles. The average Bonchev–Trinajstić information content (AvgIpc) is 2.40. The Morgan fingerprint density at radius 2 is 1.94 bits per heavy atom. The van der Waals surface area contributed by atoms with Crippen molar-refractivity contribution in [2.24, 2.45) is 0 Å². The van der Waals surface area contributed by atoms with Gasteiger partial charge in [0.2, 0.25) is 0 Å². The molecule has 0 heterocycles. The number of rotatable bonds is 3. The first-order valence-corrected chi connectivity index (χ1v) is 6.93. The van der Waals surface area contributed by atoms with Crippen molar-refractivity contribution in [2.45, 2.75) is 57.8 Å². The summed E-state index contributed by atoms with van der Waals surface area (Å²) in [4.78, 5) is 11.8. The monoisotopic (exact) mass is 246 g/mol. The van der Waals surface area contributed by atoms with E-state index in [0.29, 0.717) is 0 Å². The SMILES string of the molecule is CCc1cc(C2(C(=O)O)CCCCC2)ccc1C. The molecule has 18 heavy (non-hydrogen) atoms. The molecule has 1 aliphatic carbocycles. The second kappa shape index (κ2) is 5.13. The number of aliphatic carboxylic acids is 1. The third-order valence-electron chi connectivity index (χ3n) is 4.40. The van der Waals surface area contributed by atoms with Crippen LogP contribution in [0.3, 0.4) is 0 Å². The maximum Gasteiger partial charge on any atom is 0.314 e. The standard InChI is InChI=1S/C16H22O2/c1-3-13-11-14(8-7-12(13)2)16(15(17)18)9-5-4-6-10-16/h7-8,11H,3-6,9-10H2,1-2H3,(H,17,18). The minimum absolute atomic E-state index is 0.629. The number of hydrogen-bond donors (Lipinski definition) is 1. The molecule has 0 amide bonds. The predicted molar refractivity (Wildman–Crippen MR) is 73.0 cm³/mol. The second-order valence-electron chi connectivity index (χ2n) is 5.44. The van der Waals surface area contributed by atoms with Crippen molar-refractivity contribution in [1.82, 2.24) is 0 Å². The Balaban J connectivity index is 2.45. The molecule has 0 aromatic heterocycles. The van der Waals surface area contributed by atoms with Crippen LogP contribution in [0.25, 0.3) is 0 Å². The lowest BCUT2D eigenvalue weighted by atomic mass is 9.69. The second-order valence-corrected chi connectivity index (χ2v) is 5.44. The molecule has 1 aromatic carbocycles. The maximum atomic E-state index is 11.8. The highest BCUT2D eigenvalue weighted by molar-refractivity contribution is 5.81. The predicted octanol–water partition coefficient (Wildman–Crippen LogP) is 3.84. The molecule has 0 saturated heterocycles. The van der Waals surface area contributed by atoms with Crippen molar-refractivity contribution >= 4 is 5.97 Å².